The van der Waals surface area contributed by atoms with Crippen molar-refractivity contribution in [2.75, 3.05) is 17.4 Å². The third kappa shape index (κ3) is 7.33. The molecule has 0 bridgehead atoms. The molecule has 0 saturated heterocycles. The molecule has 9 heteroatoms. The second-order valence-corrected chi connectivity index (χ2v) is 10.8. The number of hydrogen-bond acceptors (Lipinski definition) is 4. The highest BCUT2D eigenvalue weighted by Crippen LogP contribution is 2.25. The zero-order chi connectivity index (χ0) is 26.8. The Balaban J connectivity index is 2.01. The summed E-state index contributed by atoms with van der Waals surface area (Å²) in [5, 5.41) is 3.28. The van der Waals surface area contributed by atoms with Gasteiger partial charge >= 0.3 is 0 Å². The highest BCUT2D eigenvalue weighted by molar-refractivity contribution is 7.92. The summed E-state index contributed by atoms with van der Waals surface area (Å²) in [6.45, 7) is 3.97. The number of benzene rings is 3. The molecular formula is C28H32ClN3O4S. The van der Waals surface area contributed by atoms with Crippen LogP contribution in [0.2, 0.25) is 5.02 Å². The van der Waals surface area contributed by atoms with Gasteiger partial charge in [0, 0.05) is 18.1 Å². The van der Waals surface area contributed by atoms with Gasteiger partial charge in [-0.2, -0.15) is 0 Å². The van der Waals surface area contributed by atoms with Gasteiger partial charge in [-0.1, -0.05) is 74.0 Å². The van der Waals surface area contributed by atoms with E-state index in [0.717, 1.165) is 16.3 Å². The van der Waals surface area contributed by atoms with E-state index in [1.54, 1.807) is 30.3 Å². The minimum absolute atomic E-state index is 0.0101. The summed E-state index contributed by atoms with van der Waals surface area (Å²) < 4.78 is 28.5. The van der Waals surface area contributed by atoms with Crippen LogP contribution in [0.3, 0.4) is 0 Å². The van der Waals surface area contributed by atoms with Crippen LogP contribution in [-0.4, -0.2) is 44.3 Å². The third-order valence-corrected chi connectivity index (χ3v) is 7.90. The van der Waals surface area contributed by atoms with Crippen molar-refractivity contribution in [3.8, 4) is 0 Å². The zero-order valence-corrected chi connectivity index (χ0v) is 22.6. The standard InChI is InChI=1S/C28H32ClN3O4S/c1-3-19-30-28(34)26(4-2)31(20-22-11-7-5-8-12-22)27(33)21-32(24-13-9-6-10-14-24)37(35,36)25-17-15-23(29)16-18-25/h5-18,26H,3-4,19-21H2,1-2H3,(H,30,34)/t26-/m0/s1. The number of para-hydroxylation sites is 1. The molecule has 0 unspecified atom stereocenters. The molecule has 196 valence electrons. The first-order valence-electron chi connectivity index (χ1n) is 12.2. The lowest BCUT2D eigenvalue weighted by molar-refractivity contribution is -0.140. The first kappa shape index (κ1) is 28.2. The van der Waals surface area contributed by atoms with E-state index >= 15 is 0 Å². The van der Waals surface area contributed by atoms with Crippen molar-refractivity contribution in [3.05, 3.63) is 95.5 Å². The van der Waals surface area contributed by atoms with Gasteiger partial charge in [-0.15, -0.1) is 0 Å². The van der Waals surface area contributed by atoms with E-state index in [9.17, 15) is 18.0 Å². The van der Waals surface area contributed by atoms with Crippen LogP contribution in [0.15, 0.2) is 89.8 Å². The molecule has 7 nitrogen and oxygen atoms in total. The average molecular weight is 542 g/mol. The van der Waals surface area contributed by atoms with E-state index in [1.165, 1.54) is 29.2 Å². The molecule has 0 aliphatic rings. The number of amides is 2. The summed E-state index contributed by atoms with van der Waals surface area (Å²) >= 11 is 5.97. The molecule has 0 aliphatic carbocycles. The molecule has 2 amide bonds. The molecule has 0 saturated carbocycles. The molecule has 3 aromatic rings. The highest BCUT2D eigenvalue weighted by atomic mass is 35.5. The number of nitrogens with zero attached hydrogens (tertiary/aromatic N) is 2. The normalized spacial score (nSPS) is 12.0. The molecule has 3 aromatic carbocycles. The molecule has 1 N–H and O–H groups in total. The van der Waals surface area contributed by atoms with E-state index in [0.29, 0.717) is 23.7 Å². The lowest BCUT2D eigenvalue weighted by Gasteiger charge is -2.33. The van der Waals surface area contributed by atoms with Gasteiger partial charge in [-0.05, 0) is 54.8 Å². The number of carbonyl (C=O) groups excluding carboxylic acids is 2. The summed E-state index contributed by atoms with van der Waals surface area (Å²) in [4.78, 5) is 28.4. The predicted molar refractivity (Wildman–Crippen MR) is 147 cm³/mol. The van der Waals surface area contributed by atoms with E-state index < -0.39 is 28.5 Å². The zero-order valence-electron chi connectivity index (χ0n) is 21.0. The Morgan fingerprint density at radius 2 is 1.49 bits per heavy atom. The Bertz CT molecular complexity index is 1270. The maximum Gasteiger partial charge on any atom is 0.264 e. The summed E-state index contributed by atoms with van der Waals surface area (Å²) in [7, 11) is -4.11. The Labute approximate surface area is 224 Å². The topological polar surface area (TPSA) is 86.8 Å². The molecule has 37 heavy (non-hydrogen) atoms. The first-order valence-corrected chi connectivity index (χ1v) is 14.0. The minimum Gasteiger partial charge on any atom is -0.354 e. The van der Waals surface area contributed by atoms with E-state index in [4.69, 9.17) is 11.6 Å². The van der Waals surface area contributed by atoms with Gasteiger partial charge in [-0.25, -0.2) is 8.42 Å². The van der Waals surface area contributed by atoms with Crippen LogP contribution in [0.1, 0.15) is 32.3 Å². The van der Waals surface area contributed by atoms with Gasteiger partial charge in [0.15, 0.2) is 0 Å². The maximum absolute atomic E-state index is 13.9. The van der Waals surface area contributed by atoms with Gasteiger partial charge in [0.05, 0.1) is 10.6 Å². The van der Waals surface area contributed by atoms with Gasteiger partial charge in [-0.3, -0.25) is 13.9 Å². The molecule has 0 spiro atoms. The molecule has 0 radical (unpaired) electrons. The predicted octanol–water partition coefficient (Wildman–Crippen LogP) is 4.87. The van der Waals surface area contributed by atoms with Crippen molar-refractivity contribution < 1.29 is 18.0 Å². The molecule has 3 rings (SSSR count). The number of anilines is 1. The number of nitrogens with one attached hydrogen (secondary N) is 1. The van der Waals surface area contributed by atoms with Crippen molar-refractivity contribution in [2.45, 2.75) is 44.2 Å². The summed E-state index contributed by atoms with van der Waals surface area (Å²) in [5.41, 5.74) is 1.18. The van der Waals surface area contributed by atoms with Crippen molar-refractivity contribution in [1.82, 2.24) is 10.2 Å². The number of halogens is 1. The molecule has 0 aliphatic heterocycles. The second kappa shape index (κ2) is 13.3. The van der Waals surface area contributed by atoms with Crippen molar-refractivity contribution in [1.29, 1.82) is 0 Å². The molecule has 1 atom stereocenters. The first-order chi connectivity index (χ1) is 17.8. The van der Waals surface area contributed by atoms with Gasteiger partial charge in [0.25, 0.3) is 10.0 Å². The molecule has 0 fully saturated rings. The average Bonchev–Trinajstić information content (AvgIpc) is 2.91. The fourth-order valence-electron chi connectivity index (χ4n) is 3.92. The van der Waals surface area contributed by atoms with Crippen LogP contribution >= 0.6 is 11.6 Å². The molecule has 0 aromatic heterocycles. The van der Waals surface area contributed by atoms with Crippen molar-refractivity contribution in [3.63, 3.8) is 0 Å². The maximum atomic E-state index is 13.9. The Morgan fingerprint density at radius 3 is 2.05 bits per heavy atom. The number of sulfonamides is 1. The van der Waals surface area contributed by atoms with Crippen molar-refractivity contribution in [2.24, 2.45) is 0 Å². The number of carbonyl (C=O) groups is 2. The summed E-state index contributed by atoms with van der Waals surface area (Å²) in [5.74, 6) is -0.746. The van der Waals surface area contributed by atoms with Crippen LogP contribution in [0.4, 0.5) is 5.69 Å². The largest absolute Gasteiger partial charge is 0.354 e. The number of hydrogen-bond donors (Lipinski definition) is 1. The quantitative estimate of drug-likeness (QED) is 0.354. The number of rotatable bonds is 12. The second-order valence-electron chi connectivity index (χ2n) is 8.52. The molecular weight excluding hydrogens is 510 g/mol. The van der Waals surface area contributed by atoms with E-state index in [1.807, 2.05) is 44.2 Å². The van der Waals surface area contributed by atoms with E-state index in [-0.39, 0.29) is 17.3 Å². The Morgan fingerprint density at radius 1 is 0.892 bits per heavy atom. The van der Waals surface area contributed by atoms with Gasteiger partial charge in [0.1, 0.15) is 12.6 Å². The smallest absolute Gasteiger partial charge is 0.264 e. The minimum atomic E-state index is -4.11. The van der Waals surface area contributed by atoms with E-state index in [2.05, 4.69) is 5.32 Å². The lowest BCUT2D eigenvalue weighted by Crippen LogP contribution is -2.52. The fraction of sp³-hybridized carbons (Fsp3) is 0.286. The third-order valence-electron chi connectivity index (χ3n) is 5.86. The van der Waals surface area contributed by atoms with Crippen LogP contribution in [-0.2, 0) is 26.2 Å². The van der Waals surface area contributed by atoms with Gasteiger partial charge in [0.2, 0.25) is 11.8 Å². The SMILES string of the molecule is CCCNC(=O)[C@H](CC)N(Cc1ccccc1)C(=O)CN(c1ccccc1)S(=O)(=O)c1ccc(Cl)cc1. The highest BCUT2D eigenvalue weighted by Gasteiger charge is 2.33. The van der Waals surface area contributed by atoms with Gasteiger partial charge < -0.3 is 10.2 Å². The summed E-state index contributed by atoms with van der Waals surface area (Å²) in [6, 6.07) is 22.8. The van der Waals surface area contributed by atoms with Crippen LogP contribution in [0.25, 0.3) is 0 Å². The Kier molecular flexibility index (Phi) is 10.1. The lowest BCUT2D eigenvalue weighted by atomic mass is 10.1. The monoisotopic (exact) mass is 541 g/mol. The van der Waals surface area contributed by atoms with Crippen LogP contribution < -0.4 is 9.62 Å². The Hall–Kier alpha value is -3.36. The summed E-state index contributed by atoms with van der Waals surface area (Å²) in [6.07, 6.45) is 1.14. The van der Waals surface area contributed by atoms with Crippen molar-refractivity contribution >= 4 is 39.1 Å². The van der Waals surface area contributed by atoms with Crippen LogP contribution in [0.5, 0.6) is 0 Å². The molecule has 0 heterocycles. The fourth-order valence-corrected chi connectivity index (χ4v) is 5.46. The van der Waals surface area contributed by atoms with Crippen LogP contribution in [0, 0.1) is 0 Å².